The van der Waals surface area contributed by atoms with Crippen LogP contribution in [0.1, 0.15) is 25.7 Å². The smallest absolute Gasteiger partial charge is 0.112 e. The molecule has 20 heavy (non-hydrogen) atoms. The summed E-state index contributed by atoms with van der Waals surface area (Å²) in [5.74, 6) is 0. The topological polar surface area (TPSA) is 55.0 Å². The van der Waals surface area contributed by atoms with E-state index in [1.807, 2.05) is 18.5 Å². The highest BCUT2D eigenvalue weighted by atomic mass is 79.9. The SMILES string of the molecule is NC1CC2CCC(C1)N2c1ccnc2cc(Br)cnc12. The van der Waals surface area contributed by atoms with Crippen LogP contribution in [0.3, 0.4) is 0 Å². The molecule has 2 aromatic heterocycles. The summed E-state index contributed by atoms with van der Waals surface area (Å²) in [7, 11) is 0. The Kier molecular flexibility index (Phi) is 2.93. The molecule has 2 atom stereocenters. The van der Waals surface area contributed by atoms with E-state index in [2.05, 4.69) is 36.9 Å². The Balaban J connectivity index is 1.83. The number of rotatable bonds is 1. The zero-order valence-electron chi connectivity index (χ0n) is 11.2. The summed E-state index contributed by atoms with van der Waals surface area (Å²) in [5.41, 5.74) is 9.34. The standard InChI is InChI=1S/C15H17BrN4/c16-9-5-13-15(19-8-9)14(3-4-18-13)20-11-1-2-12(20)7-10(17)6-11/h3-5,8,10-12H,1-2,6-7,17H2. The number of hydrogen-bond acceptors (Lipinski definition) is 4. The molecule has 0 saturated carbocycles. The van der Waals surface area contributed by atoms with Crippen LogP contribution >= 0.6 is 15.9 Å². The Hall–Kier alpha value is -1.20. The molecular weight excluding hydrogens is 316 g/mol. The van der Waals surface area contributed by atoms with E-state index in [0.29, 0.717) is 18.1 Å². The quantitative estimate of drug-likeness (QED) is 0.872. The maximum Gasteiger partial charge on any atom is 0.112 e. The molecule has 0 amide bonds. The van der Waals surface area contributed by atoms with Crippen LogP contribution in [-0.2, 0) is 0 Å². The fourth-order valence-corrected chi connectivity index (χ4v) is 4.13. The molecule has 2 unspecified atom stereocenters. The molecule has 104 valence electrons. The van der Waals surface area contributed by atoms with Gasteiger partial charge in [0.1, 0.15) is 5.52 Å². The summed E-state index contributed by atoms with van der Waals surface area (Å²) in [6, 6.07) is 5.63. The zero-order chi connectivity index (χ0) is 13.7. The Bertz CT molecular complexity index is 645. The van der Waals surface area contributed by atoms with Crippen molar-refractivity contribution in [3.8, 4) is 0 Å². The first kappa shape index (κ1) is 12.5. The van der Waals surface area contributed by atoms with Gasteiger partial charge in [-0.3, -0.25) is 9.97 Å². The average Bonchev–Trinajstić information content (AvgIpc) is 2.69. The first-order chi connectivity index (χ1) is 9.72. The van der Waals surface area contributed by atoms with Crippen molar-refractivity contribution >= 4 is 32.7 Å². The van der Waals surface area contributed by atoms with Gasteiger partial charge in [-0.15, -0.1) is 0 Å². The van der Waals surface area contributed by atoms with Gasteiger partial charge in [0.15, 0.2) is 0 Å². The molecule has 2 N–H and O–H groups in total. The monoisotopic (exact) mass is 332 g/mol. The van der Waals surface area contributed by atoms with Gasteiger partial charge in [-0.2, -0.15) is 0 Å². The van der Waals surface area contributed by atoms with Crippen molar-refractivity contribution in [1.29, 1.82) is 0 Å². The van der Waals surface area contributed by atoms with Crippen molar-refractivity contribution in [3.05, 3.63) is 29.0 Å². The van der Waals surface area contributed by atoms with Crippen molar-refractivity contribution in [2.24, 2.45) is 5.73 Å². The minimum Gasteiger partial charge on any atom is -0.364 e. The van der Waals surface area contributed by atoms with Crippen molar-refractivity contribution in [2.45, 2.75) is 43.8 Å². The van der Waals surface area contributed by atoms with Crippen LogP contribution in [-0.4, -0.2) is 28.1 Å². The van der Waals surface area contributed by atoms with Crippen LogP contribution in [0.5, 0.6) is 0 Å². The average molecular weight is 333 g/mol. The third-order valence-corrected chi connectivity index (χ3v) is 5.00. The number of piperidine rings is 1. The van der Waals surface area contributed by atoms with E-state index in [1.54, 1.807) is 0 Å². The normalized spacial score (nSPS) is 29.1. The number of nitrogens with zero attached hydrogens (tertiary/aromatic N) is 3. The second kappa shape index (κ2) is 4.67. The number of pyridine rings is 2. The lowest BCUT2D eigenvalue weighted by Gasteiger charge is -2.39. The number of halogens is 1. The molecule has 0 aliphatic carbocycles. The fourth-order valence-electron chi connectivity index (χ4n) is 3.81. The maximum absolute atomic E-state index is 6.17. The lowest BCUT2D eigenvalue weighted by atomic mass is 9.97. The van der Waals surface area contributed by atoms with Gasteiger partial charge in [-0.1, -0.05) is 0 Å². The first-order valence-electron chi connectivity index (χ1n) is 7.16. The molecule has 4 heterocycles. The van der Waals surface area contributed by atoms with Gasteiger partial charge in [-0.25, -0.2) is 0 Å². The lowest BCUT2D eigenvalue weighted by Crippen LogP contribution is -2.47. The Morgan fingerprint density at radius 2 is 1.95 bits per heavy atom. The molecule has 2 fully saturated rings. The Labute approximate surface area is 126 Å². The molecule has 4 nitrogen and oxygen atoms in total. The van der Waals surface area contributed by atoms with Crippen LogP contribution in [0.15, 0.2) is 29.0 Å². The van der Waals surface area contributed by atoms with Crippen LogP contribution in [0.25, 0.3) is 11.0 Å². The van der Waals surface area contributed by atoms with Crippen LogP contribution in [0, 0.1) is 0 Å². The van der Waals surface area contributed by atoms with Crippen molar-refractivity contribution in [1.82, 2.24) is 9.97 Å². The largest absolute Gasteiger partial charge is 0.364 e. The third-order valence-electron chi connectivity index (χ3n) is 4.57. The van der Waals surface area contributed by atoms with Gasteiger partial charge in [0.05, 0.1) is 11.2 Å². The zero-order valence-corrected chi connectivity index (χ0v) is 12.8. The summed E-state index contributed by atoms with van der Waals surface area (Å²) in [5, 5.41) is 0. The highest BCUT2D eigenvalue weighted by Gasteiger charge is 2.40. The predicted octanol–water partition coefficient (Wildman–Crippen LogP) is 2.85. The fraction of sp³-hybridized carbons (Fsp3) is 0.467. The molecule has 2 bridgehead atoms. The van der Waals surface area contributed by atoms with Crippen molar-refractivity contribution in [2.75, 3.05) is 4.90 Å². The summed E-state index contributed by atoms with van der Waals surface area (Å²) >= 11 is 3.46. The maximum atomic E-state index is 6.17. The van der Waals surface area contributed by atoms with Crippen LogP contribution in [0.2, 0.25) is 0 Å². The molecule has 2 aliphatic rings. The highest BCUT2D eigenvalue weighted by Crippen LogP contribution is 2.40. The molecule has 5 heteroatoms. The summed E-state index contributed by atoms with van der Waals surface area (Å²) in [6.45, 7) is 0. The molecule has 2 aliphatic heterocycles. The minimum atomic E-state index is 0.360. The number of nitrogens with two attached hydrogens (primary N) is 1. The molecule has 0 radical (unpaired) electrons. The predicted molar refractivity (Wildman–Crippen MR) is 83.7 cm³/mol. The molecular formula is C15H17BrN4. The second-order valence-corrected chi connectivity index (χ2v) is 6.79. The van der Waals surface area contributed by atoms with Gasteiger partial charge in [0.25, 0.3) is 0 Å². The number of aromatic nitrogens is 2. The lowest BCUT2D eigenvalue weighted by molar-refractivity contribution is 0.415. The summed E-state index contributed by atoms with van der Waals surface area (Å²) in [6.07, 6.45) is 8.43. The van der Waals surface area contributed by atoms with Crippen molar-refractivity contribution in [3.63, 3.8) is 0 Å². The van der Waals surface area contributed by atoms with Crippen LogP contribution in [0.4, 0.5) is 5.69 Å². The van der Waals surface area contributed by atoms with Gasteiger partial charge in [0.2, 0.25) is 0 Å². The summed E-state index contributed by atoms with van der Waals surface area (Å²) < 4.78 is 0.971. The van der Waals surface area contributed by atoms with Crippen molar-refractivity contribution < 1.29 is 0 Å². The number of fused-ring (bicyclic) bond motifs is 3. The Morgan fingerprint density at radius 3 is 2.70 bits per heavy atom. The van der Waals surface area contributed by atoms with E-state index in [1.165, 1.54) is 18.5 Å². The number of hydrogen-bond donors (Lipinski definition) is 1. The molecule has 4 rings (SSSR count). The van der Waals surface area contributed by atoms with Gasteiger partial charge in [0, 0.05) is 35.0 Å². The van der Waals surface area contributed by atoms with Gasteiger partial charge >= 0.3 is 0 Å². The van der Waals surface area contributed by atoms with E-state index >= 15 is 0 Å². The van der Waals surface area contributed by atoms with E-state index in [0.717, 1.165) is 28.3 Å². The summed E-state index contributed by atoms with van der Waals surface area (Å²) in [4.78, 5) is 11.6. The minimum absolute atomic E-state index is 0.360. The molecule has 0 aromatic carbocycles. The van der Waals surface area contributed by atoms with E-state index in [4.69, 9.17) is 5.73 Å². The number of anilines is 1. The second-order valence-electron chi connectivity index (χ2n) is 5.88. The van der Waals surface area contributed by atoms with Gasteiger partial charge in [-0.05, 0) is 53.7 Å². The Morgan fingerprint density at radius 1 is 1.20 bits per heavy atom. The molecule has 2 saturated heterocycles. The van der Waals surface area contributed by atoms with E-state index in [-0.39, 0.29) is 0 Å². The molecule has 2 aromatic rings. The first-order valence-corrected chi connectivity index (χ1v) is 7.96. The molecule has 0 spiro atoms. The third kappa shape index (κ3) is 1.91. The van der Waals surface area contributed by atoms with Gasteiger partial charge < -0.3 is 10.6 Å². The van der Waals surface area contributed by atoms with Crippen LogP contribution < -0.4 is 10.6 Å². The highest BCUT2D eigenvalue weighted by molar-refractivity contribution is 9.10. The van der Waals surface area contributed by atoms with E-state index in [9.17, 15) is 0 Å². The van der Waals surface area contributed by atoms with E-state index < -0.39 is 0 Å².